The summed E-state index contributed by atoms with van der Waals surface area (Å²) >= 11 is 0. The number of tetrazole rings is 1. The Morgan fingerprint density at radius 3 is 2.81 bits per heavy atom. The summed E-state index contributed by atoms with van der Waals surface area (Å²) in [6.45, 7) is 8.81. The molecule has 0 amide bonds. The summed E-state index contributed by atoms with van der Waals surface area (Å²) in [5, 5.41) is 15.4. The molecule has 2 N–H and O–H groups in total. The Morgan fingerprint density at radius 1 is 1.19 bits per heavy atom. The van der Waals surface area contributed by atoms with E-state index < -0.39 is 0 Å². The standard InChI is InChI=1S/C14H23N7/c1-3-20(4-2)10-9-15-13-11-7-5-6-8-12(11)16-14-17-18-19-21(13)14/h15H,3-10H2,1-2H3/p+1. The Labute approximate surface area is 124 Å². The van der Waals surface area contributed by atoms with Gasteiger partial charge >= 0.3 is 0 Å². The van der Waals surface area contributed by atoms with E-state index >= 15 is 0 Å². The minimum atomic E-state index is 0.605. The minimum Gasteiger partial charge on any atom is -0.364 e. The molecule has 2 heterocycles. The molecule has 3 rings (SSSR count). The molecule has 0 radical (unpaired) electrons. The summed E-state index contributed by atoms with van der Waals surface area (Å²) in [5.74, 6) is 1.65. The van der Waals surface area contributed by atoms with Crippen LogP contribution in [0.25, 0.3) is 5.78 Å². The highest BCUT2D eigenvalue weighted by Crippen LogP contribution is 2.26. The second-order valence-electron chi connectivity index (χ2n) is 5.62. The number of nitrogens with one attached hydrogen (secondary N) is 2. The number of nitrogens with zero attached hydrogens (tertiary/aromatic N) is 5. The maximum Gasteiger partial charge on any atom is 0.275 e. The van der Waals surface area contributed by atoms with E-state index in [9.17, 15) is 0 Å². The maximum absolute atomic E-state index is 4.59. The number of likely N-dealkylation sites (N-methyl/N-ethyl adjacent to an activating group) is 1. The lowest BCUT2D eigenvalue weighted by Crippen LogP contribution is -3.12. The zero-order valence-corrected chi connectivity index (χ0v) is 12.9. The van der Waals surface area contributed by atoms with Gasteiger partial charge in [0.1, 0.15) is 5.82 Å². The van der Waals surface area contributed by atoms with Crippen LogP contribution in [-0.2, 0) is 12.8 Å². The van der Waals surface area contributed by atoms with E-state index in [1.54, 1.807) is 9.42 Å². The molecule has 0 fully saturated rings. The van der Waals surface area contributed by atoms with Gasteiger partial charge in [0.15, 0.2) is 0 Å². The Bertz CT molecular complexity index is 603. The van der Waals surface area contributed by atoms with Crippen molar-refractivity contribution in [1.29, 1.82) is 0 Å². The van der Waals surface area contributed by atoms with Gasteiger partial charge in [-0.1, -0.05) is 5.10 Å². The lowest BCUT2D eigenvalue weighted by Gasteiger charge is -2.20. The molecule has 7 heteroatoms. The molecule has 2 aromatic rings. The van der Waals surface area contributed by atoms with Gasteiger partial charge in [-0.15, -0.1) is 0 Å². The van der Waals surface area contributed by atoms with Crippen LogP contribution >= 0.6 is 0 Å². The fraction of sp³-hybridized carbons (Fsp3) is 0.714. The van der Waals surface area contributed by atoms with Crippen molar-refractivity contribution in [3.05, 3.63) is 11.3 Å². The molecule has 0 spiro atoms. The van der Waals surface area contributed by atoms with Crippen molar-refractivity contribution < 1.29 is 4.90 Å². The average molecular weight is 290 g/mol. The van der Waals surface area contributed by atoms with Crippen molar-refractivity contribution >= 4 is 11.6 Å². The quantitative estimate of drug-likeness (QED) is 0.766. The Hall–Kier alpha value is -1.76. The molecule has 0 bridgehead atoms. The molecular weight excluding hydrogens is 266 g/mol. The average Bonchev–Trinajstić information content (AvgIpc) is 2.98. The van der Waals surface area contributed by atoms with Crippen molar-refractivity contribution in [2.75, 3.05) is 31.5 Å². The fourth-order valence-corrected chi connectivity index (χ4v) is 3.06. The Morgan fingerprint density at radius 2 is 2.00 bits per heavy atom. The summed E-state index contributed by atoms with van der Waals surface area (Å²) in [7, 11) is 0. The summed E-state index contributed by atoms with van der Waals surface area (Å²) in [5.41, 5.74) is 2.47. The molecule has 7 nitrogen and oxygen atoms in total. The second kappa shape index (κ2) is 6.34. The predicted molar refractivity (Wildman–Crippen MR) is 80.6 cm³/mol. The molecule has 0 saturated carbocycles. The summed E-state index contributed by atoms with van der Waals surface area (Å²) in [6.07, 6.45) is 4.53. The van der Waals surface area contributed by atoms with Crippen molar-refractivity contribution in [2.24, 2.45) is 0 Å². The largest absolute Gasteiger partial charge is 0.364 e. The fourth-order valence-electron chi connectivity index (χ4n) is 3.06. The first-order chi connectivity index (χ1) is 10.3. The van der Waals surface area contributed by atoms with Crippen LogP contribution in [0, 0.1) is 0 Å². The van der Waals surface area contributed by atoms with Crippen LogP contribution in [0.1, 0.15) is 37.9 Å². The number of quaternary nitrogens is 1. The van der Waals surface area contributed by atoms with Gasteiger partial charge in [-0.3, -0.25) is 0 Å². The first-order valence-electron chi connectivity index (χ1n) is 8.00. The van der Waals surface area contributed by atoms with Gasteiger partial charge < -0.3 is 10.2 Å². The minimum absolute atomic E-state index is 0.605. The number of hydrogen-bond acceptors (Lipinski definition) is 5. The highest BCUT2D eigenvalue weighted by molar-refractivity contribution is 5.53. The van der Waals surface area contributed by atoms with Gasteiger partial charge in [0.25, 0.3) is 5.78 Å². The van der Waals surface area contributed by atoms with E-state index in [0.717, 1.165) is 44.8 Å². The zero-order valence-electron chi connectivity index (χ0n) is 12.9. The number of aryl methyl sites for hydroxylation is 1. The Kier molecular flexibility index (Phi) is 4.28. The monoisotopic (exact) mass is 290 g/mol. The van der Waals surface area contributed by atoms with Crippen LogP contribution in [0.15, 0.2) is 0 Å². The van der Waals surface area contributed by atoms with E-state index in [0.29, 0.717) is 5.78 Å². The first-order valence-corrected chi connectivity index (χ1v) is 8.00. The molecule has 0 aromatic carbocycles. The van der Waals surface area contributed by atoms with Gasteiger partial charge in [-0.2, -0.15) is 4.52 Å². The third-order valence-corrected chi connectivity index (χ3v) is 4.40. The molecule has 0 unspecified atom stereocenters. The molecule has 1 aliphatic rings. The highest BCUT2D eigenvalue weighted by atomic mass is 15.5. The van der Waals surface area contributed by atoms with E-state index in [4.69, 9.17) is 0 Å². The zero-order chi connectivity index (χ0) is 14.7. The van der Waals surface area contributed by atoms with Crippen molar-refractivity contribution in [1.82, 2.24) is 25.0 Å². The highest BCUT2D eigenvalue weighted by Gasteiger charge is 2.20. The lowest BCUT2D eigenvalue weighted by atomic mass is 9.96. The maximum atomic E-state index is 4.59. The first kappa shape index (κ1) is 14.2. The van der Waals surface area contributed by atoms with Crippen LogP contribution in [0.2, 0.25) is 0 Å². The number of fused-ring (bicyclic) bond motifs is 2. The van der Waals surface area contributed by atoms with Crippen LogP contribution in [0.5, 0.6) is 0 Å². The topological polar surface area (TPSA) is 72.4 Å². The smallest absolute Gasteiger partial charge is 0.275 e. The second-order valence-corrected chi connectivity index (χ2v) is 5.62. The van der Waals surface area contributed by atoms with E-state index in [-0.39, 0.29) is 0 Å². The SMILES string of the molecule is CC[NH+](CC)CCNc1c2c(nc3nnnn13)CCCC2. The predicted octanol–water partition coefficient (Wildman–Crippen LogP) is -0.265. The van der Waals surface area contributed by atoms with Crippen LogP contribution in [-0.4, -0.2) is 51.2 Å². The third-order valence-electron chi connectivity index (χ3n) is 4.40. The molecule has 114 valence electrons. The molecule has 1 aliphatic carbocycles. The van der Waals surface area contributed by atoms with E-state index in [2.05, 4.69) is 39.7 Å². The number of rotatable bonds is 6. The summed E-state index contributed by atoms with van der Waals surface area (Å²) < 4.78 is 1.75. The van der Waals surface area contributed by atoms with Crippen LogP contribution < -0.4 is 10.2 Å². The molecular formula is C14H24N7+. The normalized spacial score (nSPS) is 14.6. The molecule has 0 saturated heterocycles. The van der Waals surface area contributed by atoms with E-state index in [1.165, 1.54) is 24.1 Å². The number of aromatic nitrogens is 5. The lowest BCUT2D eigenvalue weighted by molar-refractivity contribution is -0.894. The van der Waals surface area contributed by atoms with Crippen LogP contribution in [0.4, 0.5) is 5.82 Å². The third kappa shape index (κ3) is 2.83. The van der Waals surface area contributed by atoms with Crippen molar-refractivity contribution in [3.63, 3.8) is 0 Å². The molecule has 21 heavy (non-hydrogen) atoms. The van der Waals surface area contributed by atoms with Gasteiger partial charge in [-0.25, -0.2) is 4.98 Å². The van der Waals surface area contributed by atoms with Gasteiger partial charge in [0.05, 0.1) is 31.9 Å². The van der Waals surface area contributed by atoms with Crippen LogP contribution in [0.3, 0.4) is 0 Å². The van der Waals surface area contributed by atoms with E-state index in [1.807, 2.05) is 0 Å². The van der Waals surface area contributed by atoms with Gasteiger partial charge in [0.2, 0.25) is 0 Å². The van der Waals surface area contributed by atoms with Crippen molar-refractivity contribution in [3.8, 4) is 0 Å². The molecule has 2 aromatic heterocycles. The van der Waals surface area contributed by atoms with Gasteiger partial charge in [0, 0.05) is 5.56 Å². The summed E-state index contributed by atoms with van der Waals surface area (Å²) in [6, 6.07) is 0. The van der Waals surface area contributed by atoms with Crippen molar-refractivity contribution in [2.45, 2.75) is 39.5 Å². The van der Waals surface area contributed by atoms with Gasteiger partial charge in [-0.05, 0) is 50.0 Å². The Balaban J connectivity index is 1.84. The molecule has 0 aliphatic heterocycles. The number of hydrogen-bond donors (Lipinski definition) is 2. The molecule has 0 atom stereocenters. The summed E-state index contributed by atoms with van der Waals surface area (Å²) in [4.78, 5) is 6.19. The number of anilines is 1.